The Morgan fingerprint density at radius 2 is 1.74 bits per heavy atom. The van der Waals surface area contributed by atoms with Crippen molar-refractivity contribution in [1.82, 2.24) is 5.06 Å². The molecule has 2 aromatic rings. The summed E-state index contributed by atoms with van der Waals surface area (Å²) >= 11 is 0. The first-order valence-corrected chi connectivity index (χ1v) is 7.78. The van der Waals surface area contributed by atoms with Crippen molar-refractivity contribution < 1.29 is 9.94 Å². The van der Waals surface area contributed by atoms with E-state index in [2.05, 4.69) is 4.99 Å². The minimum absolute atomic E-state index is 0.354. The third-order valence-electron chi connectivity index (χ3n) is 4.43. The maximum atomic E-state index is 10.3. The Morgan fingerprint density at radius 3 is 2.30 bits per heavy atom. The van der Waals surface area contributed by atoms with Gasteiger partial charge in [0.1, 0.15) is 12.4 Å². The van der Waals surface area contributed by atoms with Crippen LogP contribution >= 0.6 is 0 Å². The van der Waals surface area contributed by atoms with Crippen LogP contribution < -0.4 is 4.74 Å². The Bertz CT molecular complexity index is 693. The van der Waals surface area contributed by atoms with Crippen molar-refractivity contribution >= 4 is 5.71 Å². The normalized spacial score (nSPS) is 20.3. The number of hydroxylamine groups is 2. The molecule has 1 unspecified atom stereocenters. The second-order valence-corrected chi connectivity index (χ2v) is 6.34. The van der Waals surface area contributed by atoms with Gasteiger partial charge in [-0.2, -0.15) is 5.06 Å². The summed E-state index contributed by atoms with van der Waals surface area (Å²) in [6, 6.07) is 17.8. The van der Waals surface area contributed by atoms with E-state index in [-0.39, 0.29) is 6.17 Å². The molecule has 0 fully saturated rings. The van der Waals surface area contributed by atoms with Crippen molar-refractivity contribution in [2.45, 2.75) is 39.1 Å². The van der Waals surface area contributed by atoms with Crippen molar-refractivity contribution in [1.29, 1.82) is 0 Å². The Labute approximate surface area is 137 Å². The molecule has 0 aromatic heterocycles. The lowest BCUT2D eigenvalue weighted by molar-refractivity contribution is -0.159. The minimum atomic E-state index is -0.437. The molecule has 0 bridgehead atoms. The van der Waals surface area contributed by atoms with E-state index in [9.17, 15) is 5.21 Å². The highest BCUT2D eigenvalue weighted by Crippen LogP contribution is 2.35. The van der Waals surface area contributed by atoms with E-state index in [0.29, 0.717) is 6.61 Å². The highest BCUT2D eigenvalue weighted by Gasteiger charge is 2.40. The van der Waals surface area contributed by atoms with Gasteiger partial charge in [0.2, 0.25) is 0 Å². The maximum absolute atomic E-state index is 10.3. The summed E-state index contributed by atoms with van der Waals surface area (Å²) in [5.74, 6) is 0.806. The fraction of sp³-hybridized carbons (Fsp3) is 0.316. The number of nitrogens with zero attached hydrogens (tertiary/aromatic N) is 2. The van der Waals surface area contributed by atoms with Gasteiger partial charge in [0.25, 0.3) is 0 Å². The molecule has 0 aliphatic carbocycles. The summed E-state index contributed by atoms with van der Waals surface area (Å²) < 4.78 is 5.79. The second-order valence-electron chi connectivity index (χ2n) is 6.34. The van der Waals surface area contributed by atoms with Crippen molar-refractivity contribution in [3.05, 3.63) is 65.7 Å². The number of aliphatic imine (C=N–C) groups is 1. The van der Waals surface area contributed by atoms with Crippen LogP contribution in [-0.2, 0) is 6.61 Å². The lowest BCUT2D eigenvalue weighted by Gasteiger charge is -2.29. The highest BCUT2D eigenvalue weighted by molar-refractivity contribution is 5.92. The molecule has 1 heterocycles. The third kappa shape index (κ3) is 3.14. The molecule has 0 saturated heterocycles. The molecular weight excluding hydrogens is 288 g/mol. The average molecular weight is 310 g/mol. The van der Waals surface area contributed by atoms with Gasteiger partial charge in [-0.05, 0) is 44.0 Å². The van der Waals surface area contributed by atoms with Crippen LogP contribution in [0.15, 0.2) is 59.6 Å². The van der Waals surface area contributed by atoms with E-state index >= 15 is 0 Å². The molecule has 0 saturated carbocycles. The van der Waals surface area contributed by atoms with Crippen molar-refractivity contribution in [2.75, 3.05) is 0 Å². The van der Waals surface area contributed by atoms with Gasteiger partial charge in [0.15, 0.2) is 6.17 Å². The van der Waals surface area contributed by atoms with E-state index in [1.54, 1.807) is 0 Å². The molecule has 0 amide bonds. The monoisotopic (exact) mass is 310 g/mol. The number of ether oxygens (including phenoxy) is 1. The van der Waals surface area contributed by atoms with Crippen LogP contribution in [0.5, 0.6) is 5.75 Å². The van der Waals surface area contributed by atoms with Crippen LogP contribution in [0, 0.1) is 0 Å². The standard InChI is InChI=1S/C19H22N2O2/c1-14-19(2,3)21(22)18(20-14)16-9-11-17(12-10-16)23-13-15-7-5-4-6-8-15/h4-12,18,22H,13H2,1-3H3. The first-order valence-electron chi connectivity index (χ1n) is 7.78. The maximum Gasteiger partial charge on any atom is 0.151 e. The summed E-state index contributed by atoms with van der Waals surface area (Å²) in [6.07, 6.45) is -0.354. The largest absolute Gasteiger partial charge is 0.489 e. The molecule has 120 valence electrons. The minimum Gasteiger partial charge on any atom is -0.489 e. The summed E-state index contributed by atoms with van der Waals surface area (Å²) in [7, 11) is 0. The molecule has 3 rings (SSSR count). The number of benzene rings is 2. The second kappa shape index (κ2) is 6.14. The molecule has 2 aromatic carbocycles. The molecule has 4 heteroatoms. The zero-order chi connectivity index (χ0) is 16.4. The SMILES string of the molecule is CC1=NC(c2ccc(OCc3ccccc3)cc2)N(O)C1(C)C. The van der Waals surface area contributed by atoms with Crippen molar-refractivity contribution in [3.8, 4) is 5.75 Å². The zero-order valence-electron chi connectivity index (χ0n) is 13.7. The Morgan fingerprint density at radius 1 is 1.09 bits per heavy atom. The van der Waals surface area contributed by atoms with Crippen LogP contribution in [-0.4, -0.2) is 21.5 Å². The van der Waals surface area contributed by atoms with Gasteiger partial charge in [-0.3, -0.25) is 4.99 Å². The quantitative estimate of drug-likeness (QED) is 0.920. The summed E-state index contributed by atoms with van der Waals surface area (Å²) in [5, 5.41) is 11.7. The lowest BCUT2D eigenvalue weighted by Crippen LogP contribution is -2.42. The van der Waals surface area contributed by atoms with Gasteiger partial charge >= 0.3 is 0 Å². The van der Waals surface area contributed by atoms with Crippen LogP contribution in [0.3, 0.4) is 0 Å². The van der Waals surface area contributed by atoms with E-state index in [0.717, 1.165) is 22.6 Å². The fourth-order valence-electron chi connectivity index (χ4n) is 2.56. The molecule has 4 nitrogen and oxygen atoms in total. The molecular formula is C19H22N2O2. The molecule has 1 atom stereocenters. The summed E-state index contributed by atoms with van der Waals surface area (Å²) in [5.41, 5.74) is 2.57. The first kappa shape index (κ1) is 15.7. The van der Waals surface area contributed by atoms with Gasteiger partial charge in [-0.1, -0.05) is 42.5 Å². The lowest BCUT2D eigenvalue weighted by atomic mass is 10.0. The third-order valence-corrected chi connectivity index (χ3v) is 4.43. The number of hydrogen-bond acceptors (Lipinski definition) is 4. The van der Waals surface area contributed by atoms with Gasteiger partial charge in [0.05, 0.1) is 5.54 Å². The first-order chi connectivity index (χ1) is 11.0. The number of rotatable bonds is 4. The van der Waals surface area contributed by atoms with E-state index in [4.69, 9.17) is 4.74 Å². The van der Waals surface area contributed by atoms with Gasteiger partial charge < -0.3 is 9.94 Å². The molecule has 0 spiro atoms. The van der Waals surface area contributed by atoms with Crippen LogP contribution in [0.1, 0.15) is 38.1 Å². The molecule has 1 N–H and O–H groups in total. The Balaban J connectivity index is 1.68. The predicted octanol–water partition coefficient (Wildman–Crippen LogP) is 4.21. The molecule has 23 heavy (non-hydrogen) atoms. The van der Waals surface area contributed by atoms with E-state index < -0.39 is 5.54 Å². The zero-order valence-corrected chi connectivity index (χ0v) is 13.7. The van der Waals surface area contributed by atoms with Crippen LogP contribution in [0.2, 0.25) is 0 Å². The highest BCUT2D eigenvalue weighted by atomic mass is 16.5. The molecule has 1 aliphatic rings. The van der Waals surface area contributed by atoms with Gasteiger partial charge in [-0.15, -0.1) is 0 Å². The van der Waals surface area contributed by atoms with Crippen molar-refractivity contribution in [2.24, 2.45) is 4.99 Å². The fourth-order valence-corrected chi connectivity index (χ4v) is 2.56. The molecule has 1 aliphatic heterocycles. The van der Waals surface area contributed by atoms with E-state index in [1.807, 2.05) is 75.4 Å². The average Bonchev–Trinajstić information content (AvgIpc) is 2.77. The Hall–Kier alpha value is -2.17. The molecule has 0 radical (unpaired) electrons. The number of hydrogen-bond donors (Lipinski definition) is 1. The summed E-state index contributed by atoms with van der Waals surface area (Å²) in [4.78, 5) is 4.57. The van der Waals surface area contributed by atoms with Gasteiger partial charge in [-0.25, -0.2) is 0 Å². The van der Waals surface area contributed by atoms with Crippen LogP contribution in [0.25, 0.3) is 0 Å². The Kier molecular flexibility index (Phi) is 4.20. The smallest absolute Gasteiger partial charge is 0.151 e. The topological polar surface area (TPSA) is 45.1 Å². The summed E-state index contributed by atoms with van der Waals surface area (Å²) in [6.45, 7) is 6.41. The predicted molar refractivity (Wildman–Crippen MR) is 90.8 cm³/mol. The van der Waals surface area contributed by atoms with E-state index in [1.165, 1.54) is 5.06 Å². The van der Waals surface area contributed by atoms with Crippen molar-refractivity contribution in [3.63, 3.8) is 0 Å². The van der Waals surface area contributed by atoms with Crippen LogP contribution in [0.4, 0.5) is 0 Å². The van der Waals surface area contributed by atoms with Gasteiger partial charge in [0, 0.05) is 5.71 Å².